The molecule has 0 unspecified atom stereocenters. The molecule has 21 heavy (non-hydrogen) atoms. The molecule has 0 radical (unpaired) electrons. The lowest BCUT2D eigenvalue weighted by atomic mass is 9.89. The van der Waals surface area contributed by atoms with Crippen LogP contribution in [-0.4, -0.2) is 11.5 Å². The molecule has 1 N–H and O–H groups in total. The first kappa shape index (κ1) is 14.5. The van der Waals surface area contributed by atoms with Crippen molar-refractivity contribution in [3.8, 4) is 0 Å². The van der Waals surface area contributed by atoms with Crippen molar-refractivity contribution >= 4 is 10.9 Å². The van der Waals surface area contributed by atoms with Gasteiger partial charge in [0.1, 0.15) is 5.82 Å². The van der Waals surface area contributed by atoms with Crippen molar-refractivity contribution in [3.05, 3.63) is 40.8 Å². The zero-order chi connectivity index (χ0) is 14.7. The highest BCUT2D eigenvalue weighted by Crippen LogP contribution is 2.29. The molecule has 3 rings (SSSR count). The fourth-order valence-electron chi connectivity index (χ4n) is 3.21. The number of hydrogen-bond acceptors (Lipinski definition) is 2. The number of benzene rings is 1. The third kappa shape index (κ3) is 3.08. The van der Waals surface area contributed by atoms with Crippen LogP contribution in [0.3, 0.4) is 0 Å². The Labute approximate surface area is 125 Å². The predicted molar refractivity (Wildman–Crippen MR) is 85.0 cm³/mol. The number of hydrogen-bond donors (Lipinski definition) is 1. The van der Waals surface area contributed by atoms with E-state index in [2.05, 4.69) is 12.2 Å². The number of pyridine rings is 1. The Morgan fingerprint density at radius 1 is 1.24 bits per heavy atom. The Kier molecular flexibility index (Phi) is 4.49. The Balaban J connectivity index is 2.01. The maximum atomic E-state index is 13.6. The Bertz CT molecular complexity index is 637. The van der Waals surface area contributed by atoms with E-state index < -0.39 is 0 Å². The van der Waals surface area contributed by atoms with E-state index in [1.807, 2.05) is 6.07 Å². The Morgan fingerprint density at radius 2 is 2.10 bits per heavy atom. The number of aryl methyl sites for hydroxylation is 1. The van der Waals surface area contributed by atoms with Gasteiger partial charge in [-0.15, -0.1) is 0 Å². The monoisotopic (exact) mass is 286 g/mol. The highest BCUT2D eigenvalue weighted by atomic mass is 19.1. The molecule has 0 atom stereocenters. The average Bonchev–Trinajstić information content (AvgIpc) is 2.51. The number of rotatable bonds is 5. The molecular formula is C18H23FN2. The maximum absolute atomic E-state index is 13.6. The van der Waals surface area contributed by atoms with Gasteiger partial charge >= 0.3 is 0 Å². The van der Waals surface area contributed by atoms with Gasteiger partial charge in [-0.3, -0.25) is 4.98 Å². The van der Waals surface area contributed by atoms with Crippen LogP contribution < -0.4 is 5.32 Å². The van der Waals surface area contributed by atoms with Crippen LogP contribution in [0.25, 0.3) is 10.9 Å². The smallest absolute Gasteiger partial charge is 0.123 e. The molecule has 0 bridgehead atoms. The summed E-state index contributed by atoms with van der Waals surface area (Å²) in [6.07, 6.45) is 6.95. The van der Waals surface area contributed by atoms with Gasteiger partial charge in [0.15, 0.2) is 0 Å². The van der Waals surface area contributed by atoms with Crippen molar-refractivity contribution in [1.29, 1.82) is 0 Å². The summed E-state index contributed by atoms with van der Waals surface area (Å²) in [5, 5.41) is 4.50. The lowest BCUT2D eigenvalue weighted by Gasteiger charge is -2.21. The molecule has 1 aromatic carbocycles. The van der Waals surface area contributed by atoms with Crippen molar-refractivity contribution in [2.75, 3.05) is 6.54 Å². The van der Waals surface area contributed by atoms with Crippen molar-refractivity contribution in [3.63, 3.8) is 0 Å². The van der Waals surface area contributed by atoms with E-state index in [9.17, 15) is 4.39 Å². The van der Waals surface area contributed by atoms with Gasteiger partial charge in [0.25, 0.3) is 0 Å². The SMILES string of the molecule is CCCCNCc1c2c(nc3ccc(F)cc13)CCCC2. The van der Waals surface area contributed by atoms with Gasteiger partial charge in [-0.1, -0.05) is 13.3 Å². The average molecular weight is 286 g/mol. The minimum atomic E-state index is -0.171. The second-order valence-electron chi connectivity index (χ2n) is 5.91. The van der Waals surface area contributed by atoms with Crippen LogP contribution in [0.4, 0.5) is 4.39 Å². The summed E-state index contributed by atoms with van der Waals surface area (Å²) in [6, 6.07) is 4.97. The molecule has 0 fully saturated rings. The number of unbranched alkanes of at least 4 members (excludes halogenated alkanes) is 1. The van der Waals surface area contributed by atoms with Gasteiger partial charge in [0.2, 0.25) is 0 Å². The summed E-state index contributed by atoms with van der Waals surface area (Å²) in [5.41, 5.74) is 4.80. The third-order valence-electron chi connectivity index (χ3n) is 4.35. The molecule has 1 aliphatic carbocycles. The van der Waals surface area contributed by atoms with E-state index in [4.69, 9.17) is 4.98 Å². The lowest BCUT2D eigenvalue weighted by molar-refractivity contribution is 0.620. The molecule has 1 aliphatic rings. The van der Waals surface area contributed by atoms with E-state index in [-0.39, 0.29) is 5.82 Å². The topological polar surface area (TPSA) is 24.9 Å². The molecule has 2 aromatic rings. The van der Waals surface area contributed by atoms with E-state index >= 15 is 0 Å². The van der Waals surface area contributed by atoms with Crippen LogP contribution in [0.5, 0.6) is 0 Å². The van der Waals surface area contributed by atoms with Crippen LogP contribution in [0.1, 0.15) is 49.4 Å². The zero-order valence-electron chi connectivity index (χ0n) is 12.7. The van der Waals surface area contributed by atoms with E-state index in [0.29, 0.717) is 0 Å². The number of fused-ring (bicyclic) bond motifs is 2. The van der Waals surface area contributed by atoms with Gasteiger partial charge in [0, 0.05) is 17.6 Å². The van der Waals surface area contributed by atoms with E-state index in [1.54, 1.807) is 6.07 Å². The lowest BCUT2D eigenvalue weighted by Crippen LogP contribution is -2.18. The fourth-order valence-corrected chi connectivity index (χ4v) is 3.21. The van der Waals surface area contributed by atoms with E-state index in [1.165, 1.54) is 48.6 Å². The largest absolute Gasteiger partial charge is 0.313 e. The molecule has 1 heterocycles. The standard InChI is InChI=1S/C18H23FN2/c1-2-3-10-20-12-16-14-6-4-5-7-17(14)21-18-9-8-13(19)11-15(16)18/h8-9,11,20H,2-7,10,12H2,1H3. The van der Waals surface area contributed by atoms with Crippen LogP contribution in [0, 0.1) is 5.82 Å². The molecule has 2 nitrogen and oxygen atoms in total. The minimum Gasteiger partial charge on any atom is -0.313 e. The summed E-state index contributed by atoms with van der Waals surface area (Å²) in [6.45, 7) is 4.04. The summed E-state index contributed by atoms with van der Waals surface area (Å²) in [4.78, 5) is 4.77. The molecule has 3 heteroatoms. The molecular weight excluding hydrogens is 263 g/mol. The first-order chi connectivity index (χ1) is 10.3. The van der Waals surface area contributed by atoms with E-state index in [0.717, 1.165) is 36.8 Å². The van der Waals surface area contributed by atoms with Crippen molar-refractivity contribution in [1.82, 2.24) is 10.3 Å². The predicted octanol–water partition coefficient (Wildman–Crippen LogP) is 4.14. The summed E-state index contributed by atoms with van der Waals surface area (Å²) >= 11 is 0. The first-order valence-corrected chi connectivity index (χ1v) is 8.10. The summed E-state index contributed by atoms with van der Waals surface area (Å²) in [5.74, 6) is -0.171. The molecule has 0 spiro atoms. The second kappa shape index (κ2) is 6.52. The van der Waals surface area contributed by atoms with Crippen molar-refractivity contribution in [2.24, 2.45) is 0 Å². The normalized spacial score (nSPS) is 14.4. The van der Waals surface area contributed by atoms with Crippen molar-refractivity contribution < 1.29 is 4.39 Å². The highest BCUT2D eigenvalue weighted by Gasteiger charge is 2.18. The number of aromatic nitrogens is 1. The van der Waals surface area contributed by atoms with Gasteiger partial charge < -0.3 is 5.32 Å². The Morgan fingerprint density at radius 3 is 2.95 bits per heavy atom. The van der Waals surface area contributed by atoms with Crippen LogP contribution in [-0.2, 0) is 19.4 Å². The van der Waals surface area contributed by atoms with Gasteiger partial charge in [-0.25, -0.2) is 4.39 Å². The zero-order valence-corrected chi connectivity index (χ0v) is 12.7. The quantitative estimate of drug-likeness (QED) is 0.835. The molecule has 0 aliphatic heterocycles. The highest BCUT2D eigenvalue weighted by molar-refractivity contribution is 5.84. The number of nitrogens with zero attached hydrogens (tertiary/aromatic N) is 1. The number of nitrogens with one attached hydrogen (secondary N) is 1. The molecule has 1 aromatic heterocycles. The van der Waals surface area contributed by atoms with Crippen molar-refractivity contribution in [2.45, 2.75) is 52.0 Å². The summed E-state index contributed by atoms with van der Waals surface area (Å²) in [7, 11) is 0. The maximum Gasteiger partial charge on any atom is 0.123 e. The summed E-state index contributed by atoms with van der Waals surface area (Å²) < 4.78 is 13.6. The van der Waals surface area contributed by atoms with Gasteiger partial charge in [-0.2, -0.15) is 0 Å². The third-order valence-corrected chi connectivity index (χ3v) is 4.35. The molecule has 0 saturated carbocycles. The fraction of sp³-hybridized carbons (Fsp3) is 0.500. The number of halogens is 1. The molecule has 0 amide bonds. The van der Waals surface area contributed by atoms with Crippen LogP contribution in [0.2, 0.25) is 0 Å². The van der Waals surface area contributed by atoms with Crippen LogP contribution in [0.15, 0.2) is 18.2 Å². The first-order valence-electron chi connectivity index (χ1n) is 8.10. The Hall–Kier alpha value is -1.48. The molecule has 0 saturated heterocycles. The van der Waals surface area contributed by atoms with Gasteiger partial charge in [0.05, 0.1) is 5.52 Å². The molecule has 112 valence electrons. The minimum absolute atomic E-state index is 0.171. The van der Waals surface area contributed by atoms with Gasteiger partial charge in [-0.05, 0) is 68.0 Å². The second-order valence-corrected chi connectivity index (χ2v) is 5.91. The van der Waals surface area contributed by atoms with Crippen LogP contribution >= 0.6 is 0 Å².